The molecule has 1 atom stereocenters. The monoisotopic (exact) mass is 317 g/mol. The Labute approximate surface area is 114 Å². The van der Waals surface area contributed by atoms with Crippen molar-refractivity contribution in [1.29, 1.82) is 0 Å². The van der Waals surface area contributed by atoms with E-state index in [-0.39, 0.29) is 5.75 Å². The summed E-state index contributed by atoms with van der Waals surface area (Å²) in [6.45, 7) is 0. The third-order valence-electron chi connectivity index (χ3n) is 2.47. The molecule has 106 valence electrons. The topological polar surface area (TPSA) is 124 Å². The fraction of sp³-hybridized carbons (Fsp3) is 0. The summed E-state index contributed by atoms with van der Waals surface area (Å²) in [6, 6.07) is 11.4. The van der Waals surface area contributed by atoms with Crippen molar-refractivity contribution < 1.29 is 33.5 Å². The minimum atomic E-state index is -5.10. The molecule has 0 saturated heterocycles. The van der Waals surface area contributed by atoms with Gasteiger partial charge in [-0.2, -0.15) is 14.7 Å². The highest BCUT2D eigenvalue weighted by Gasteiger charge is 2.57. The molecule has 0 fully saturated rings. The largest absolute Gasteiger partial charge is 0.493 e. The minimum absolute atomic E-state index is 0.0734. The third kappa shape index (κ3) is 3.04. The lowest BCUT2D eigenvalue weighted by Crippen LogP contribution is -2.08. The Bertz CT molecular complexity index is 702. The Balaban J connectivity index is 2.42. The summed E-state index contributed by atoms with van der Waals surface area (Å²) in [5.41, 5.74) is 0. The first kappa shape index (κ1) is 15.1. The van der Waals surface area contributed by atoms with E-state index < -0.39 is 20.8 Å². The van der Waals surface area contributed by atoms with Crippen molar-refractivity contribution in [3.05, 3.63) is 42.5 Å². The van der Waals surface area contributed by atoms with Crippen LogP contribution in [-0.4, -0.2) is 24.8 Å². The summed E-state index contributed by atoms with van der Waals surface area (Å²) in [5.74, 6) is -0.0734. The molecule has 9 heteroatoms. The van der Waals surface area contributed by atoms with Gasteiger partial charge in [0, 0.05) is 5.39 Å². The van der Waals surface area contributed by atoms with Crippen molar-refractivity contribution in [3.8, 4) is 5.75 Å². The molecule has 0 aliphatic rings. The lowest BCUT2D eigenvalue weighted by molar-refractivity contribution is 0.250. The second-order valence-corrected chi connectivity index (χ2v) is 7.47. The first-order valence-electron chi connectivity index (χ1n) is 5.34. The number of carbonyl (C=O) groups is 1. The zero-order valence-electron chi connectivity index (χ0n) is 9.95. The van der Waals surface area contributed by atoms with Crippen molar-refractivity contribution >= 4 is 31.6 Å². The van der Waals surface area contributed by atoms with E-state index in [1.165, 1.54) is 6.07 Å². The smallest absolute Gasteiger partial charge is 0.416 e. The van der Waals surface area contributed by atoms with Crippen molar-refractivity contribution in [3.63, 3.8) is 0 Å². The quantitative estimate of drug-likeness (QED) is 0.637. The molecule has 0 spiro atoms. The summed E-state index contributed by atoms with van der Waals surface area (Å²) in [6.07, 6.45) is 0. The molecule has 7 nitrogen and oxygen atoms in total. The van der Waals surface area contributed by atoms with Crippen LogP contribution in [-0.2, 0) is 4.57 Å². The Morgan fingerprint density at radius 3 is 2.30 bits per heavy atom. The summed E-state index contributed by atoms with van der Waals surface area (Å²) >= 11 is 0. The number of rotatable bonds is 4. The summed E-state index contributed by atoms with van der Waals surface area (Å²) < 4.78 is 16.4. The Hall–Kier alpha value is -1.33. The van der Waals surface area contributed by atoms with Gasteiger partial charge in [-0.3, -0.25) is 0 Å². The molecule has 1 unspecified atom stereocenters. The normalized spacial score (nSPS) is 14.8. The molecule has 20 heavy (non-hydrogen) atoms. The van der Waals surface area contributed by atoms with Crippen molar-refractivity contribution in [2.24, 2.45) is 0 Å². The predicted octanol–water partition coefficient (Wildman–Crippen LogP) is 2.26. The SMILES string of the molecule is O=C(P(=O)(O)Oc1cccc2ccccc12)[P+](O)(O)O. The van der Waals surface area contributed by atoms with Gasteiger partial charge in [0.25, 0.3) is 0 Å². The van der Waals surface area contributed by atoms with Gasteiger partial charge in [0.05, 0.1) is 0 Å². The van der Waals surface area contributed by atoms with E-state index in [9.17, 15) is 14.3 Å². The average molecular weight is 317 g/mol. The Kier molecular flexibility index (Phi) is 3.93. The van der Waals surface area contributed by atoms with E-state index in [1.807, 2.05) is 0 Å². The van der Waals surface area contributed by atoms with Gasteiger partial charge in [-0.25, -0.2) is 9.36 Å². The van der Waals surface area contributed by atoms with Gasteiger partial charge >= 0.3 is 20.8 Å². The van der Waals surface area contributed by atoms with Crippen LogP contribution in [0.15, 0.2) is 42.5 Å². The van der Waals surface area contributed by atoms with Crippen LogP contribution in [0.2, 0.25) is 0 Å². The van der Waals surface area contributed by atoms with Gasteiger partial charge < -0.3 is 9.42 Å². The lowest BCUT2D eigenvalue weighted by atomic mass is 10.1. The lowest BCUT2D eigenvalue weighted by Gasteiger charge is -2.12. The third-order valence-corrected chi connectivity index (χ3v) is 5.47. The standard InChI is InChI=1S/C11H10O7P2/c12-11(19(13,14)15)20(16,17)18-10-7-3-5-8-4-1-2-6-9(8)10/h1-7,13-15H/p+1. The van der Waals surface area contributed by atoms with E-state index in [2.05, 4.69) is 0 Å². The molecule has 2 rings (SSSR count). The minimum Gasteiger partial charge on any atom is -0.416 e. The second kappa shape index (κ2) is 5.22. The molecule has 0 aliphatic carbocycles. The molecule has 0 heterocycles. The van der Waals surface area contributed by atoms with E-state index in [4.69, 9.17) is 19.2 Å². The summed E-state index contributed by atoms with van der Waals surface area (Å²) in [5, 5.41) is -0.844. The predicted molar refractivity (Wildman–Crippen MR) is 73.4 cm³/mol. The maximum atomic E-state index is 11.7. The summed E-state index contributed by atoms with van der Waals surface area (Å²) in [4.78, 5) is 47.1. The molecule has 2 aromatic carbocycles. The highest BCUT2D eigenvalue weighted by atomic mass is 31.3. The second-order valence-electron chi connectivity index (χ2n) is 3.94. The van der Waals surface area contributed by atoms with Crippen molar-refractivity contribution in [1.82, 2.24) is 0 Å². The van der Waals surface area contributed by atoms with Gasteiger partial charge in [0.15, 0.2) is 0 Å². The molecule has 2 aromatic rings. The molecule has 0 aromatic heterocycles. The number of hydrogen-bond acceptors (Lipinski definition) is 6. The highest BCUT2D eigenvalue weighted by Crippen LogP contribution is 2.62. The van der Waals surface area contributed by atoms with Crippen LogP contribution in [0.1, 0.15) is 0 Å². The molecule has 0 aliphatic heterocycles. The zero-order valence-corrected chi connectivity index (χ0v) is 11.7. The first-order valence-corrected chi connectivity index (χ1v) is 8.57. The van der Waals surface area contributed by atoms with E-state index >= 15 is 0 Å². The van der Waals surface area contributed by atoms with Gasteiger partial charge in [0.2, 0.25) is 0 Å². The molecular formula is C11H11O7P2+. The van der Waals surface area contributed by atoms with Gasteiger partial charge in [-0.05, 0) is 11.5 Å². The van der Waals surface area contributed by atoms with Crippen LogP contribution in [0.4, 0.5) is 4.79 Å². The molecule has 0 saturated carbocycles. The first-order chi connectivity index (χ1) is 9.22. The van der Waals surface area contributed by atoms with Crippen LogP contribution < -0.4 is 4.52 Å². The maximum Gasteiger partial charge on any atom is 0.493 e. The van der Waals surface area contributed by atoms with E-state index in [0.29, 0.717) is 10.8 Å². The fourth-order valence-corrected chi connectivity index (χ4v) is 3.60. The molecule has 0 bridgehead atoms. The fourth-order valence-electron chi connectivity index (χ4n) is 1.62. The summed E-state index contributed by atoms with van der Waals surface area (Å²) in [7, 11) is -10.2. The van der Waals surface area contributed by atoms with Crippen LogP contribution in [0.3, 0.4) is 0 Å². The number of fused-ring (bicyclic) bond motifs is 1. The van der Waals surface area contributed by atoms with Crippen LogP contribution >= 0.6 is 15.5 Å². The van der Waals surface area contributed by atoms with Gasteiger partial charge in [-0.15, -0.1) is 0 Å². The zero-order chi connectivity index (χ0) is 15.0. The average Bonchev–Trinajstić information content (AvgIpc) is 2.37. The van der Waals surface area contributed by atoms with Crippen LogP contribution in [0.25, 0.3) is 10.8 Å². The van der Waals surface area contributed by atoms with E-state index in [0.717, 1.165) is 0 Å². The van der Waals surface area contributed by atoms with Gasteiger partial charge in [0.1, 0.15) is 5.75 Å². The molecular weight excluding hydrogens is 306 g/mol. The number of hydrogen-bond donors (Lipinski definition) is 4. The highest BCUT2D eigenvalue weighted by molar-refractivity contribution is 8.00. The van der Waals surface area contributed by atoms with Crippen molar-refractivity contribution in [2.45, 2.75) is 0 Å². The van der Waals surface area contributed by atoms with Crippen LogP contribution in [0, 0.1) is 0 Å². The molecule has 0 radical (unpaired) electrons. The maximum absolute atomic E-state index is 11.7. The number of carbonyl (C=O) groups excluding carboxylic acids is 1. The van der Waals surface area contributed by atoms with E-state index in [1.54, 1.807) is 36.4 Å². The van der Waals surface area contributed by atoms with Crippen LogP contribution in [0.5, 0.6) is 5.75 Å². The van der Waals surface area contributed by atoms with Crippen molar-refractivity contribution in [2.75, 3.05) is 0 Å². The Morgan fingerprint density at radius 1 is 1.05 bits per heavy atom. The Morgan fingerprint density at radius 2 is 1.65 bits per heavy atom. The van der Waals surface area contributed by atoms with Gasteiger partial charge in [-0.1, -0.05) is 36.4 Å². The molecule has 0 amide bonds. The number of benzene rings is 2. The molecule has 4 N–H and O–H groups in total.